The van der Waals surface area contributed by atoms with Gasteiger partial charge in [0, 0.05) is 37.2 Å². The molecule has 1 saturated carbocycles. The molecule has 1 N–H and O–H groups in total. The van der Waals surface area contributed by atoms with Gasteiger partial charge in [-0.1, -0.05) is 13.0 Å². The van der Waals surface area contributed by atoms with E-state index in [4.69, 9.17) is 38.6 Å². The van der Waals surface area contributed by atoms with E-state index in [1.807, 2.05) is 32.6 Å². The molecule has 4 aromatic rings. The van der Waals surface area contributed by atoms with Crippen LogP contribution in [0.15, 0.2) is 24.3 Å². The summed E-state index contributed by atoms with van der Waals surface area (Å²) in [7, 11) is 1.51. The van der Waals surface area contributed by atoms with Gasteiger partial charge in [0.15, 0.2) is 12.6 Å². The predicted octanol–water partition coefficient (Wildman–Crippen LogP) is 6.63. The summed E-state index contributed by atoms with van der Waals surface area (Å²) < 4.78 is 63.1. The van der Waals surface area contributed by atoms with Crippen molar-refractivity contribution < 1.29 is 42.4 Å². The summed E-state index contributed by atoms with van der Waals surface area (Å²) in [6, 6.07) is 5.86. The SMILES string of the molecule is CCc1c(F)ccc2cc(OCOC)cc(-c3nc4c5c(nc(OCC6(CN7CCC[C@@H]7CO)CC6)nc5c3F)N3C[C@H]5CC[C@@H]([C@H]3CO4)N5C(=O)OC(C)(C)C)c12. The molecular weight excluding hydrogens is 751 g/mol. The maximum atomic E-state index is 17.6. The average molecular weight is 803 g/mol. The number of carbonyl (C=O) groups is 1. The number of likely N-dealkylation sites (tertiary alicyclic amines) is 1. The molecule has 310 valence electrons. The van der Waals surface area contributed by atoms with Crippen LogP contribution in [-0.4, -0.2) is 119 Å². The van der Waals surface area contributed by atoms with Crippen LogP contribution in [0.4, 0.5) is 19.4 Å². The van der Waals surface area contributed by atoms with Gasteiger partial charge in [-0.05, 0) is 107 Å². The molecule has 15 heteroatoms. The highest BCUT2D eigenvalue weighted by atomic mass is 19.1. The van der Waals surface area contributed by atoms with Crippen molar-refractivity contribution in [1.82, 2.24) is 24.8 Å². The second-order valence-electron chi connectivity index (χ2n) is 17.6. The van der Waals surface area contributed by atoms with E-state index in [2.05, 4.69) is 9.80 Å². The quantitative estimate of drug-likeness (QED) is 0.163. The van der Waals surface area contributed by atoms with Gasteiger partial charge in [0.2, 0.25) is 5.88 Å². The zero-order chi connectivity index (χ0) is 40.5. The second kappa shape index (κ2) is 14.9. The summed E-state index contributed by atoms with van der Waals surface area (Å²) in [5.74, 6) is -0.179. The number of pyridine rings is 1. The fourth-order valence-corrected chi connectivity index (χ4v) is 9.62. The van der Waals surface area contributed by atoms with Crippen LogP contribution in [0.2, 0.25) is 0 Å². The lowest BCUT2D eigenvalue weighted by molar-refractivity contribution is 0.00537. The van der Waals surface area contributed by atoms with Crippen molar-refractivity contribution in [3.63, 3.8) is 0 Å². The van der Waals surface area contributed by atoms with Gasteiger partial charge in [0.1, 0.15) is 46.2 Å². The number of anilines is 1. The molecule has 3 saturated heterocycles. The largest absolute Gasteiger partial charge is 0.475 e. The molecule has 9 rings (SSSR count). The third-order valence-corrected chi connectivity index (χ3v) is 12.6. The number of halogens is 2. The predicted molar refractivity (Wildman–Crippen MR) is 212 cm³/mol. The smallest absolute Gasteiger partial charge is 0.410 e. The Bertz CT molecular complexity index is 2250. The Morgan fingerprint density at radius 2 is 1.88 bits per heavy atom. The minimum Gasteiger partial charge on any atom is -0.475 e. The molecule has 1 aliphatic carbocycles. The van der Waals surface area contributed by atoms with Gasteiger partial charge >= 0.3 is 12.1 Å². The summed E-state index contributed by atoms with van der Waals surface area (Å²) in [6.07, 6.45) is 5.42. The monoisotopic (exact) mass is 802 g/mol. The van der Waals surface area contributed by atoms with E-state index in [0.717, 1.165) is 51.6 Å². The molecule has 58 heavy (non-hydrogen) atoms. The maximum absolute atomic E-state index is 17.6. The molecule has 13 nitrogen and oxygen atoms in total. The Morgan fingerprint density at radius 1 is 1.05 bits per heavy atom. The van der Waals surface area contributed by atoms with E-state index in [9.17, 15) is 9.90 Å². The fourth-order valence-electron chi connectivity index (χ4n) is 9.62. The average Bonchev–Trinajstić information content (AvgIpc) is 3.73. The number of aryl methyl sites for hydroxylation is 1. The Morgan fingerprint density at radius 3 is 2.62 bits per heavy atom. The van der Waals surface area contributed by atoms with E-state index in [0.29, 0.717) is 58.4 Å². The number of hydrogen-bond donors (Lipinski definition) is 1. The molecule has 5 aliphatic rings. The van der Waals surface area contributed by atoms with Crippen LogP contribution in [0.5, 0.6) is 17.6 Å². The molecule has 2 aromatic heterocycles. The van der Waals surface area contributed by atoms with Crippen LogP contribution >= 0.6 is 0 Å². The van der Waals surface area contributed by atoms with Crippen LogP contribution in [-0.2, 0) is 15.9 Å². The lowest BCUT2D eigenvalue weighted by Crippen LogP contribution is -2.63. The molecule has 2 aromatic carbocycles. The molecule has 0 unspecified atom stereocenters. The number of piperazine rings is 1. The third-order valence-electron chi connectivity index (χ3n) is 12.6. The highest BCUT2D eigenvalue weighted by molar-refractivity contribution is 6.03. The van der Waals surface area contributed by atoms with Gasteiger partial charge in [-0.15, -0.1) is 0 Å². The van der Waals surface area contributed by atoms with E-state index < -0.39 is 17.2 Å². The van der Waals surface area contributed by atoms with Crippen LogP contribution in [0.3, 0.4) is 0 Å². The summed E-state index contributed by atoms with van der Waals surface area (Å²) in [6.45, 7) is 10.1. The Hall–Kier alpha value is -4.60. The molecule has 0 spiro atoms. The number of hydrogen-bond acceptors (Lipinski definition) is 12. The molecule has 4 fully saturated rings. The summed E-state index contributed by atoms with van der Waals surface area (Å²) in [4.78, 5) is 34.6. The van der Waals surface area contributed by atoms with E-state index in [1.54, 1.807) is 18.2 Å². The van der Waals surface area contributed by atoms with Crippen molar-refractivity contribution in [1.29, 1.82) is 0 Å². The second-order valence-corrected chi connectivity index (χ2v) is 17.6. The number of fused-ring (bicyclic) bond motifs is 6. The summed E-state index contributed by atoms with van der Waals surface area (Å²) >= 11 is 0. The number of nitrogens with zero attached hydrogens (tertiary/aromatic N) is 6. The topological polar surface area (TPSA) is 132 Å². The van der Waals surface area contributed by atoms with Crippen LogP contribution in [0.25, 0.3) is 32.9 Å². The maximum Gasteiger partial charge on any atom is 0.410 e. The first-order valence-corrected chi connectivity index (χ1v) is 20.6. The Kier molecular flexibility index (Phi) is 9.99. The van der Waals surface area contributed by atoms with E-state index in [1.165, 1.54) is 13.2 Å². The van der Waals surface area contributed by atoms with Crippen molar-refractivity contribution in [2.45, 2.75) is 102 Å². The molecule has 6 heterocycles. The number of rotatable bonds is 11. The minimum absolute atomic E-state index is 0.0285. The molecule has 1 amide bonds. The van der Waals surface area contributed by atoms with Crippen molar-refractivity contribution in [2.75, 3.05) is 58.3 Å². The first kappa shape index (κ1) is 38.9. The molecule has 0 radical (unpaired) electrons. The van der Waals surface area contributed by atoms with Crippen molar-refractivity contribution in [2.24, 2.45) is 5.41 Å². The minimum atomic E-state index is -0.731. The number of methoxy groups -OCH3 is 1. The van der Waals surface area contributed by atoms with Crippen LogP contribution in [0, 0.1) is 17.0 Å². The standard InChI is InChI=1S/C43H52F2N6O7/c1-6-28-30(44)11-9-24-16-27(57-23-54-5)17-29(33(24)28)36-35(45)37-34-38(48-40(47-37)56-22-43(13-14-43)21-49-15-7-8-26(49)19-52)50-18-25-10-12-31(32(50)20-55-39(34)46-36)51(25)41(53)58-42(2,3)4/h9,11,16-17,25-26,31-32,52H,6-8,10,12-15,18-23H2,1-5H3/t25-,26-,31+,32-/m1/s1. The molecule has 4 aliphatic heterocycles. The zero-order valence-corrected chi connectivity index (χ0v) is 33.9. The number of amides is 1. The van der Waals surface area contributed by atoms with Gasteiger partial charge in [-0.25, -0.2) is 18.6 Å². The number of aromatic nitrogens is 3. The fraction of sp³-hybridized carbons (Fsp3) is 0.581. The number of aliphatic hydroxyl groups is 1. The van der Waals surface area contributed by atoms with Crippen LogP contribution in [0.1, 0.15) is 71.8 Å². The van der Waals surface area contributed by atoms with Gasteiger partial charge < -0.3 is 33.7 Å². The summed E-state index contributed by atoms with van der Waals surface area (Å²) in [5, 5.41) is 11.4. The lowest BCUT2D eigenvalue weighted by Gasteiger charge is -2.46. The van der Waals surface area contributed by atoms with Gasteiger partial charge in [0.25, 0.3) is 0 Å². The van der Waals surface area contributed by atoms with Crippen molar-refractivity contribution in [3.05, 3.63) is 41.5 Å². The first-order chi connectivity index (χ1) is 27.9. The van der Waals surface area contributed by atoms with Crippen molar-refractivity contribution >= 4 is 33.6 Å². The van der Waals surface area contributed by atoms with Crippen molar-refractivity contribution in [3.8, 4) is 28.9 Å². The normalized spacial score (nSPS) is 23.5. The molecule has 4 atom stereocenters. The van der Waals surface area contributed by atoms with Gasteiger partial charge in [0.05, 0.1) is 31.3 Å². The molecule has 2 bridgehead atoms. The third kappa shape index (κ3) is 6.92. The van der Waals surface area contributed by atoms with Crippen LogP contribution < -0.4 is 19.1 Å². The Balaban J connectivity index is 1.17. The highest BCUT2D eigenvalue weighted by Gasteiger charge is 2.52. The Labute approximate surface area is 336 Å². The lowest BCUT2D eigenvalue weighted by atomic mass is 9.94. The highest BCUT2D eigenvalue weighted by Crippen LogP contribution is 2.49. The number of benzene rings is 2. The number of carbonyl (C=O) groups excluding carboxylic acids is 1. The molecular formula is C43H52F2N6O7. The zero-order valence-electron chi connectivity index (χ0n) is 33.9. The van der Waals surface area contributed by atoms with Gasteiger partial charge in [-0.2, -0.15) is 9.97 Å². The number of aliphatic hydroxyl groups excluding tert-OH is 1. The van der Waals surface area contributed by atoms with E-state index in [-0.39, 0.29) is 78.8 Å². The summed E-state index contributed by atoms with van der Waals surface area (Å²) in [5.41, 5.74) is -0.166. The van der Waals surface area contributed by atoms with E-state index >= 15 is 8.78 Å². The first-order valence-electron chi connectivity index (χ1n) is 20.6. The van der Waals surface area contributed by atoms with Gasteiger partial charge in [-0.3, -0.25) is 9.80 Å². The number of ether oxygens (including phenoxy) is 5.